The van der Waals surface area contributed by atoms with E-state index in [4.69, 9.17) is 4.74 Å². The van der Waals surface area contributed by atoms with Crippen LogP contribution in [-0.4, -0.2) is 38.6 Å². The highest BCUT2D eigenvalue weighted by Gasteiger charge is 2.11. The summed E-state index contributed by atoms with van der Waals surface area (Å²) in [6, 6.07) is 7.04. The minimum atomic E-state index is -0.523. The van der Waals surface area contributed by atoms with Crippen LogP contribution in [0.15, 0.2) is 24.3 Å². The molecule has 124 valence electrons. The lowest BCUT2D eigenvalue weighted by atomic mass is 10.2. The molecular formula is C15H24ClN3O3. The number of rotatable bonds is 8. The molecule has 0 fully saturated rings. The lowest BCUT2D eigenvalue weighted by Gasteiger charge is -2.12. The van der Waals surface area contributed by atoms with E-state index in [1.165, 1.54) is 7.11 Å². The molecule has 1 aromatic rings. The second-order valence-corrected chi connectivity index (χ2v) is 4.70. The maximum atomic E-state index is 11.7. The number of anilines is 2. The lowest BCUT2D eigenvalue weighted by molar-refractivity contribution is -0.124. The monoisotopic (exact) mass is 329 g/mol. The fourth-order valence-electron chi connectivity index (χ4n) is 1.67. The van der Waals surface area contributed by atoms with E-state index in [2.05, 4.69) is 16.0 Å². The first-order chi connectivity index (χ1) is 10.1. The molecule has 1 aromatic carbocycles. The Hall–Kier alpha value is -1.63. The van der Waals surface area contributed by atoms with Gasteiger partial charge in [-0.3, -0.25) is 9.59 Å². The lowest BCUT2D eigenvalue weighted by Crippen LogP contribution is -2.26. The summed E-state index contributed by atoms with van der Waals surface area (Å²) < 4.78 is 4.95. The highest BCUT2D eigenvalue weighted by molar-refractivity contribution is 5.95. The number of hydrogen-bond donors (Lipinski definition) is 3. The molecule has 22 heavy (non-hydrogen) atoms. The number of carbonyl (C=O) groups excluding carboxylic acids is 2. The molecule has 0 spiro atoms. The van der Waals surface area contributed by atoms with Gasteiger partial charge in [-0.1, -0.05) is 6.07 Å². The van der Waals surface area contributed by atoms with E-state index in [-0.39, 0.29) is 24.2 Å². The molecule has 0 heterocycles. The smallest absolute Gasteiger partial charge is 0.253 e. The zero-order valence-corrected chi connectivity index (χ0v) is 14.0. The van der Waals surface area contributed by atoms with Crippen LogP contribution in [-0.2, 0) is 14.3 Å². The predicted octanol–water partition coefficient (Wildman–Crippen LogP) is 2.02. The number of nitrogens with one attached hydrogen (secondary N) is 3. The van der Waals surface area contributed by atoms with E-state index < -0.39 is 6.10 Å². The fraction of sp³-hybridized carbons (Fsp3) is 0.467. The summed E-state index contributed by atoms with van der Waals surface area (Å²) in [6.45, 7) is 2.47. The Bertz CT molecular complexity index is 483. The SMILES string of the molecule is CNCCCC(=O)Nc1cccc(NC(=O)C(C)OC)c1.Cl. The summed E-state index contributed by atoms with van der Waals surface area (Å²) in [7, 11) is 3.33. The molecule has 0 aromatic heterocycles. The summed E-state index contributed by atoms with van der Waals surface area (Å²) in [4.78, 5) is 23.5. The number of methoxy groups -OCH3 is 1. The van der Waals surface area contributed by atoms with Crippen molar-refractivity contribution in [1.82, 2.24) is 5.32 Å². The van der Waals surface area contributed by atoms with Crippen molar-refractivity contribution in [2.24, 2.45) is 0 Å². The first kappa shape index (κ1) is 20.4. The van der Waals surface area contributed by atoms with Crippen LogP contribution < -0.4 is 16.0 Å². The minimum absolute atomic E-state index is 0. The van der Waals surface area contributed by atoms with Gasteiger partial charge in [0, 0.05) is 24.9 Å². The van der Waals surface area contributed by atoms with Crippen molar-refractivity contribution in [2.45, 2.75) is 25.9 Å². The number of ether oxygens (including phenoxy) is 1. The van der Waals surface area contributed by atoms with Gasteiger partial charge >= 0.3 is 0 Å². The van der Waals surface area contributed by atoms with Gasteiger partial charge in [0.2, 0.25) is 5.91 Å². The van der Waals surface area contributed by atoms with Crippen LogP contribution in [0.2, 0.25) is 0 Å². The van der Waals surface area contributed by atoms with E-state index in [0.717, 1.165) is 13.0 Å². The van der Waals surface area contributed by atoms with Gasteiger partial charge in [-0.25, -0.2) is 0 Å². The first-order valence-electron chi connectivity index (χ1n) is 6.95. The van der Waals surface area contributed by atoms with E-state index in [1.807, 2.05) is 7.05 Å². The van der Waals surface area contributed by atoms with Gasteiger partial charge in [0.05, 0.1) is 0 Å². The Morgan fingerprint density at radius 2 is 1.86 bits per heavy atom. The molecule has 0 aliphatic heterocycles. The van der Waals surface area contributed by atoms with E-state index in [1.54, 1.807) is 31.2 Å². The average Bonchev–Trinajstić information content (AvgIpc) is 2.47. The molecule has 6 nitrogen and oxygen atoms in total. The van der Waals surface area contributed by atoms with Gasteiger partial charge in [0.1, 0.15) is 6.10 Å². The maximum Gasteiger partial charge on any atom is 0.253 e. The van der Waals surface area contributed by atoms with Gasteiger partial charge in [0.15, 0.2) is 0 Å². The molecule has 0 aliphatic carbocycles. The summed E-state index contributed by atoms with van der Waals surface area (Å²) in [5.74, 6) is -0.269. The van der Waals surface area contributed by atoms with Crippen LogP contribution in [0.1, 0.15) is 19.8 Å². The largest absolute Gasteiger partial charge is 0.372 e. The highest BCUT2D eigenvalue weighted by atomic mass is 35.5. The zero-order chi connectivity index (χ0) is 15.7. The fourth-order valence-corrected chi connectivity index (χ4v) is 1.67. The molecule has 0 radical (unpaired) electrons. The summed E-state index contributed by atoms with van der Waals surface area (Å²) in [5, 5.41) is 8.54. The molecule has 0 saturated heterocycles. The van der Waals surface area contributed by atoms with Crippen LogP contribution in [0.3, 0.4) is 0 Å². The third-order valence-electron chi connectivity index (χ3n) is 2.97. The molecule has 7 heteroatoms. The second kappa shape index (κ2) is 11.0. The Labute approximate surface area is 137 Å². The van der Waals surface area contributed by atoms with Crippen molar-refractivity contribution in [1.29, 1.82) is 0 Å². The Kier molecular flexibility index (Phi) is 10.2. The van der Waals surface area contributed by atoms with Crippen molar-refractivity contribution < 1.29 is 14.3 Å². The average molecular weight is 330 g/mol. The molecule has 1 unspecified atom stereocenters. The Morgan fingerprint density at radius 1 is 1.23 bits per heavy atom. The molecule has 1 atom stereocenters. The molecule has 0 aliphatic rings. The molecule has 2 amide bonds. The summed E-state index contributed by atoms with van der Waals surface area (Å²) in [5.41, 5.74) is 1.28. The number of benzene rings is 1. The standard InChI is InChI=1S/C15H23N3O3.ClH/c1-11(21-3)15(20)18-13-7-4-6-12(10-13)17-14(19)8-5-9-16-2;/h4,6-7,10-11,16H,5,8-9H2,1-3H3,(H,17,19)(H,18,20);1H. The number of amides is 2. The van der Waals surface area contributed by atoms with Crippen molar-refractivity contribution in [3.63, 3.8) is 0 Å². The van der Waals surface area contributed by atoms with Gasteiger partial charge < -0.3 is 20.7 Å². The van der Waals surface area contributed by atoms with Crippen LogP contribution in [0, 0.1) is 0 Å². The van der Waals surface area contributed by atoms with Crippen molar-refractivity contribution in [2.75, 3.05) is 31.3 Å². The molecule has 1 rings (SSSR count). The summed E-state index contributed by atoms with van der Waals surface area (Å²) >= 11 is 0. The van der Waals surface area contributed by atoms with Crippen LogP contribution in [0.5, 0.6) is 0 Å². The van der Waals surface area contributed by atoms with Gasteiger partial charge in [-0.2, -0.15) is 0 Å². The molecular weight excluding hydrogens is 306 g/mol. The molecule has 0 bridgehead atoms. The topological polar surface area (TPSA) is 79.5 Å². The van der Waals surface area contributed by atoms with E-state index in [9.17, 15) is 9.59 Å². The van der Waals surface area contributed by atoms with Crippen molar-refractivity contribution >= 4 is 35.6 Å². The number of carbonyl (C=O) groups is 2. The van der Waals surface area contributed by atoms with Crippen LogP contribution in [0.25, 0.3) is 0 Å². The Morgan fingerprint density at radius 3 is 2.45 bits per heavy atom. The predicted molar refractivity (Wildman–Crippen MR) is 90.6 cm³/mol. The van der Waals surface area contributed by atoms with Gasteiger partial charge in [-0.15, -0.1) is 12.4 Å². The molecule has 3 N–H and O–H groups in total. The first-order valence-corrected chi connectivity index (χ1v) is 6.95. The maximum absolute atomic E-state index is 11.7. The Balaban J connectivity index is 0.00000441. The van der Waals surface area contributed by atoms with Gasteiger partial charge in [-0.05, 0) is 45.1 Å². The quantitative estimate of drug-likeness (QED) is 0.637. The van der Waals surface area contributed by atoms with E-state index in [0.29, 0.717) is 17.8 Å². The summed E-state index contributed by atoms with van der Waals surface area (Å²) in [6.07, 6.45) is 0.715. The normalized spacial score (nSPS) is 11.2. The van der Waals surface area contributed by atoms with E-state index >= 15 is 0 Å². The molecule has 0 saturated carbocycles. The zero-order valence-electron chi connectivity index (χ0n) is 13.1. The third kappa shape index (κ3) is 7.40. The van der Waals surface area contributed by atoms with Crippen molar-refractivity contribution in [3.8, 4) is 0 Å². The number of halogens is 1. The second-order valence-electron chi connectivity index (χ2n) is 4.70. The number of hydrogen-bond acceptors (Lipinski definition) is 4. The van der Waals surface area contributed by atoms with Crippen LogP contribution in [0.4, 0.5) is 11.4 Å². The van der Waals surface area contributed by atoms with Crippen LogP contribution >= 0.6 is 12.4 Å². The van der Waals surface area contributed by atoms with Gasteiger partial charge in [0.25, 0.3) is 5.91 Å². The minimum Gasteiger partial charge on any atom is -0.372 e. The third-order valence-corrected chi connectivity index (χ3v) is 2.97. The van der Waals surface area contributed by atoms with Crippen molar-refractivity contribution in [3.05, 3.63) is 24.3 Å². The highest BCUT2D eigenvalue weighted by Crippen LogP contribution is 2.16.